The Bertz CT molecular complexity index is 541. The van der Waals surface area contributed by atoms with E-state index in [9.17, 15) is 0 Å². The van der Waals surface area contributed by atoms with Gasteiger partial charge in [-0.1, -0.05) is 29.4 Å². The Labute approximate surface area is 108 Å². The van der Waals surface area contributed by atoms with Gasteiger partial charge in [-0.25, -0.2) is 9.97 Å². The summed E-state index contributed by atoms with van der Waals surface area (Å²) in [5.74, 6) is -0.0449. The van der Waals surface area contributed by atoms with E-state index in [1.165, 1.54) is 11.8 Å². The van der Waals surface area contributed by atoms with Gasteiger partial charge in [0, 0.05) is 6.20 Å². The number of nitrogens with one attached hydrogen (secondary N) is 1. The van der Waals surface area contributed by atoms with Crippen LogP contribution >= 0.6 is 23.4 Å². The number of hydrogen-bond donors (Lipinski definition) is 2. The van der Waals surface area contributed by atoms with Crippen molar-refractivity contribution in [3.05, 3.63) is 47.2 Å². The average molecular weight is 265 g/mol. The van der Waals surface area contributed by atoms with Crippen LogP contribution < -0.4 is 5.73 Å². The van der Waals surface area contributed by atoms with Crippen molar-refractivity contribution >= 4 is 29.2 Å². The second-order valence-corrected chi connectivity index (χ2v) is 4.67. The van der Waals surface area contributed by atoms with Crippen molar-refractivity contribution in [2.75, 3.05) is 0 Å². The largest absolute Gasteiger partial charge is 0.382 e. The Morgan fingerprint density at radius 1 is 1.24 bits per heavy atom. The molecule has 0 aliphatic heterocycles. The van der Waals surface area contributed by atoms with E-state index in [0.717, 1.165) is 10.1 Å². The minimum atomic E-state index is -0.0449. The van der Waals surface area contributed by atoms with Gasteiger partial charge in [0.15, 0.2) is 0 Å². The van der Waals surface area contributed by atoms with E-state index >= 15 is 0 Å². The first-order chi connectivity index (χ1) is 8.15. The topological polar surface area (TPSA) is 75.7 Å². The summed E-state index contributed by atoms with van der Waals surface area (Å²) in [7, 11) is 0. The summed E-state index contributed by atoms with van der Waals surface area (Å²) in [4.78, 5) is 8.38. The molecule has 0 amide bonds. The first kappa shape index (κ1) is 11.9. The molecule has 2 aromatic heterocycles. The Balaban J connectivity index is 2.21. The molecule has 0 spiro atoms. The van der Waals surface area contributed by atoms with Crippen LogP contribution in [0.5, 0.6) is 0 Å². The lowest BCUT2D eigenvalue weighted by molar-refractivity contribution is 1.08. The van der Waals surface area contributed by atoms with Crippen molar-refractivity contribution in [2.24, 2.45) is 5.73 Å². The quantitative estimate of drug-likeness (QED) is 0.660. The fraction of sp³-hybridized carbons (Fsp3) is 0. The number of nitrogens with zero attached hydrogens (tertiary/aromatic N) is 2. The van der Waals surface area contributed by atoms with Gasteiger partial charge in [-0.2, -0.15) is 0 Å². The monoisotopic (exact) mass is 264 g/mol. The number of nitrogen functional groups attached to an aromatic ring is 1. The summed E-state index contributed by atoms with van der Waals surface area (Å²) in [6, 6.07) is 8.93. The van der Waals surface area contributed by atoms with Crippen molar-refractivity contribution in [1.29, 1.82) is 5.41 Å². The van der Waals surface area contributed by atoms with Crippen molar-refractivity contribution in [2.45, 2.75) is 10.1 Å². The highest BCUT2D eigenvalue weighted by atomic mass is 35.5. The van der Waals surface area contributed by atoms with E-state index in [1.807, 2.05) is 18.2 Å². The van der Waals surface area contributed by atoms with Crippen LogP contribution in [0.2, 0.25) is 5.02 Å². The molecule has 0 saturated carbocycles. The predicted octanol–water partition coefficient (Wildman–Crippen LogP) is 2.57. The van der Waals surface area contributed by atoms with Crippen LogP contribution in [-0.2, 0) is 0 Å². The smallest absolute Gasteiger partial charge is 0.141 e. The van der Waals surface area contributed by atoms with E-state index in [4.69, 9.17) is 22.7 Å². The first-order valence-electron chi connectivity index (χ1n) is 4.76. The summed E-state index contributed by atoms with van der Waals surface area (Å²) >= 11 is 7.14. The molecule has 2 aromatic rings. The minimum Gasteiger partial charge on any atom is -0.382 e. The van der Waals surface area contributed by atoms with Crippen LogP contribution in [0, 0.1) is 5.41 Å². The van der Waals surface area contributed by atoms with Gasteiger partial charge in [-0.15, -0.1) is 0 Å². The Hall–Kier alpha value is -1.59. The zero-order valence-electron chi connectivity index (χ0n) is 8.72. The van der Waals surface area contributed by atoms with E-state index in [1.54, 1.807) is 18.3 Å². The highest BCUT2D eigenvalue weighted by Crippen LogP contribution is 2.24. The summed E-state index contributed by atoms with van der Waals surface area (Å²) in [6.07, 6.45) is 1.58. The van der Waals surface area contributed by atoms with Gasteiger partial charge in [0.1, 0.15) is 21.6 Å². The van der Waals surface area contributed by atoms with Gasteiger partial charge in [-0.3, -0.25) is 5.41 Å². The highest BCUT2D eigenvalue weighted by molar-refractivity contribution is 7.99. The number of hydrogen-bond acceptors (Lipinski definition) is 4. The molecule has 0 aliphatic carbocycles. The minimum absolute atomic E-state index is 0.0449. The molecule has 0 saturated heterocycles. The van der Waals surface area contributed by atoms with Crippen LogP contribution in [0.25, 0.3) is 0 Å². The van der Waals surface area contributed by atoms with Gasteiger partial charge in [0.05, 0.1) is 5.02 Å². The maximum Gasteiger partial charge on any atom is 0.141 e. The standard InChI is InChI=1S/C11H9ClN4S/c12-7-4-5-9(15-6-7)17-10-3-1-2-8(16-10)11(13)14/h1-6H,(H3,13,14). The van der Waals surface area contributed by atoms with Crippen molar-refractivity contribution in [3.8, 4) is 0 Å². The lowest BCUT2D eigenvalue weighted by atomic mass is 10.3. The molecule has 0 fully saturated rings. The van der Waals surface area contributed by atoms with Crippen LogP contribution in [0.1, 0.15) is 5.69 Å². The van der Waals surface area contributed by atoms with Gasteiger partial charge in [0.25, 0.3) is 0 Å². The van der Waals surface area contributed by atoms with Gasteiger partial charge in [-0.05, 0) is 24.3 Å². The Morgan fingerprint density at radius 3 is 2.71 bits per heavy atom. The fourth-order valence-electron chi connectivity index (χ4n) is 1.15. The van der Waals surface area contributed by atoms with Crippen LogP contribution in [0.15, 0.2) is 46.6 Å². The normalized spacial score (nSPS) is 10.2. The lowest BCUT2D eigenvalue weighted by Crippen LogP contribution is -2.12. The molecule has 0 aromatic carbocycles. The molecular weight excluding hydrogens is 256 g/mol. The van der Waals surface area contributed by atoms with Crippen molar-refractivity contribution in [1.82, 2.24) is 9.97 Å². The Morgan fingerprint density at radius 2 is 2.06 bits per heavy atom. The molecule has 3 N–H and O–H groups in total. The molecule has 0 atom stereocenters. The van der Waals surface area contributed by atoms with Crippen molar-refractivity contribution < 1.29 is 0 Å². The van der Waals surface area contributed by atoms with Crippen LogP contribution in [0.3, 0.4) is 0 Å². The fourth-order valence-corrected chi connectivity index (χ4v) is 2.01. The summed E-state index contributed by atoms with van der Waals surface area (Å²) in [5, 5.41) is 9.45. The SMILES string of the molecule is N=C(N)c1cccc(Sc2ccc(Cl)cn2)n1. The highest BCUT2D eigenvalue weighted by Gasteiger charge is 2.03. The molecule has 0 radical (unpaired) electrons. The number of pyridine rings is 2. The summed E-state index contributed by atoms with van der Waals surface area (Å²) in [5.41, 5.74) is 5.84. The molecule has 2 rings (SSSR count). The number of rotatable bonds is 3. The predicted molar refractivity (Wildman–Crippen MR) is 68.6 cm³/mol. The zero-order chi connectivity index (χ0) is 12.3. The molecule has 86 valence electrons. The molecule has 0 bridgehead atoms. The van der Waals surface area contributed by atoms with Gasteiger partial charge < -0.3 is 5.73 Å². The van der Waals surface area contributed by atoms with E-state index in [2.05, 4.69) is 9.97 Å². The third-order valence-corrected chi connectivity index (χ3v) is 3.02. The van der Waals surface area contributed by atoms with Crippen LogP contribution in [-0.4, -0.2) is 15.8 Å². The lowest BCUT2D eigenvalue weighted by Gasteiger charge is -2.02. The van der Waals surface area contributed by atoms with Gasteiger partial charge in [0.2, 0.25) is 0 Å². The number of aromatic nitrogens is 2. The maximum atomic E-state index is 7.31. The van der Waals surface area contributed by atoms with Gasteiger partial charge >= 0.3 is 0 Å². The second kappa shape index (κ2) is 5.16. The molecule has 0 aliphatic rings. The number of halogens is 1. The maximum absolute atomic E-state index is 7.31. The number of amidine groups is 1. The molecule has 4 nitrogen and oxygen atoms in total. The molecule has 2 heterocycles. The van der Waals surface area contributed by atoms with Crippen molar-refractivity contribution in [3.63, 3.8) is 0 Å². The third-order valence-electron chi connectivity index (χ3n) is 1.91. The molecule has 0 unspecified atom stereocenters. The number of nitrogens with two attached hydrogens (primary N) is 1. The zero-order valence-corrected chi connectivity index (χ0v) is 10.3. The molecular formula is C11H9ClN4S. The Kier molecular flexibility index (Phi) is 3.61. The first-order valence-corrected chi connectivity index (χ1v) is 5.95. The van der Waals surface area contributed by atoms with E-state index < -0.39 is 0 Å². The van der Waals surface area contributed by atoms with Crippen LogP contribution in [0.4, 0.5) is 0 Å². The van der Waals surface area contributed by atoms with E-state index in [0.29, 0.717) is 10.7 Å². The summed E-state index contributed by atoms with van der Waals surface area (Å²) < 4.78 is 0. The third kappa shape index (κ3) is 3.18. The van der Waals surface area contributed by atoms with E-state index in [-0.39, 0.29) is 5.84 Å². The summed E-state index contributed by atoms with van der Waals surface area (Å²) in [6.45, 7) is 0. The average Bonchev–Trinajstić information content (AvgIpc) is 2.32. The molecule has 17 heavy (non-hydrogen) atoms. The second-order valence-electron chi connectivity index (χ2n) is 3.19. The molecule has 6 heteroatoms.